The molecule has 2 aliphatic rings. The lowest BCUT2D eigenvalue weighted by molar-refractivity contribution is -0.0498. The van der Waals surface area contributed by atoms with E-state index in [1.807, 2.05) is 13.0 Å². The second-order valence-electron chi connectivity index (χ2n) is 7.30. The highest BCUT2D eigenvalue weighted by Crippen LogP contribution is 2.30. The summed E-state index contributed by atoms with van der Waals surface area (Å²) in [6, 6.07) is 9.03. The molecule has 0 aliphatic carbocycles. The lowest BCUT2D eigenvalue weighted by Gasteiger charge is -2.19. The normalized spacial score (nSPS) is 24.6. The van der Waals surface area contributed by atoms with Crippen molar-refractivity contribution >= 4 is 6.03 Å². The van der Waals surface area contributed by atoms with Gasteiger partial charge in [0.25, 0.3) is 0 Å². The van der Waals surface area contributed by atoms with E-state index in [1.54, 1.807) is 24.4 Å². The topological polar surface area (TPSA) is 90.9 Å². The van der Waals surface area contributed by atoms with Crippen molar-refractivity contribution in [2.45, 2.75) is 44.4 Å². The maximum Gasteiger partial charge on any atom is 0.387 e. The Morgan fingerprint density at radius 2 is 1.97 bits per heavy atom. The Balaban J connectivity index is 1.25. The Hall–Kier alpha value is -2.98. The van der Waals surface area contributed by atoms with Crippen LogP contribution < -0.4 is 20.1 Å². The van der Waals surface area contributed by atoms with Crippen molar-refractivity contribution < 1.29 is 32.5 Å². The fourth-order valence-corrected chi connectivity index (χ4v) is 3.64. The average molecular weight is 435 g/mol. The molecule has 0 radical (unpaired) electrons. The molecule has 0 unspecified atom stereocenters. The SMILES string of the molecule is Cc1ncccc1O[C@H]1CO[C@H]2[C@@H]1OC[C@@H]2NC(=O)NCc1ccc(OC(F)F)cc1. The molecule has 2 amide bonds. The van der Waals surface area contributed by atoms with Crippen LogP contribution in [0.15, 0.2) is 42.6 Å². The molecule has 0 saturated carbocycles. The number of hydrogen-bond acceptors (Lipinski definition) is 6. The minimum absolute atomic E-state index is 0.0639. The van der Waals surface area contributed by atoms with E-state index >= 15 is 0 Å². The Morgan fingerprint density at radius 1 is 1.19 bits per heavy atom. The van der Waals surface area contributed by atoms with Gasteiger partial charge in [0.05, 0.1) is 24.9 Å². The van der Waals surface area contributed by atoms with Gasteiger partial charge < -0.3 is 29.6 Å². The molecule has 4 rings (SSSR count). The van der Waals surface area contributed by atoms with Crippen molar-refractivity contribution in [3.05, 3.63) is 53.9 Å². The van der Waals surface area contributed by atoms with Crippen LogP contribution in [-0.2, 0) is 16.0 Å². The van der Waals surface area contributed by atoms with E-state index in [0.717, 1.165) is 11.3 Å². The Bertz CT molecular complexity index is 899. The van der Waals surface area contributed by atoms with Gasteiger partial charge in [0.2, 0.25) is 0 Å². The van der Waals surface area contributed by atoms with Gasteiger partial charge in [-0.25, -0.2) is 4.79 Å². The number of nitrogens with one attached hydrogen (secondary N) is 2. The lowest BCUT2D eigenvalue weighted by Crippen LogP contribution is -2.48. The van der Waals surface area contributed by atoms with Crippen molar-refractivity contribution in [1.82, 2.24) is 15.6 Å². The summed E-state index contributed by atoms with van der Waals surface area (Å²) in [6.07, 6.45) is 0.828. The lowest BCUT2D eigenvalue weighted by atomic mass is 10.1. The summed E-state index contributed by atoms with van der Waals surface area (Å²) in [5.41, 5.74) is 1.53. The van der Waals surface area contributed by atoms with E-state index in [4.69, 9.17) is 14.2 Å². The number of pyridine rings is 1. The molecule has 8 nitrogen and oxygen atoms in total. The molecule has 1 aromatic heterocycles. The second-order valence-corrected chi connectivity index (χ2v) is 7.30. The van der Waals surface area contributed by atoms with Gasteiger partial charge in [-0.1, -0.05) is 12.1 Å². The molecule has 1 aromatic carbocycles. The first-order valence-electron chi connectivity index (χ1n) is 9.89. The van der Waals surface area contributed by atoms with Gasteiger partial charge in [-0.3, -0.25) is 4.98 Å². The number of carbonyl (C=O) groups excluding carboxylic acids is 1. The highest BCUT2D eigenvalue weighted by atomic mass is 19.3. The molecule has 2 aliphatic heterocycles. The third kappa shape index (κ3) is 5.20. The predicted molar refractivity (Wildman–Crippen MR) is 105 cm³/mol. The Kier molecular flexibility index (Phi) is 6.47. The maximum atomic E-state index is 12.3. The number of urea groups is 1. The minimum atomic E-state index is -2.87. The van der Waals surface area contributed by atoms with Crippen LogP contribution in [-0.4, -0.2) is 55.2 Å². The molecule has 3 heterocycles. The number of amides is 2. The average Bonchev–Trinajstić information content (AvgIpc) is 3.32. The van der Waals surface area contributed by atoms with Crippen LogP contribution in [0.5, 0.6) is 11.5 Å². The van der Waals surface area contributed by atoms with Gasteiger partial charge in [-0.2, -0.15) is 8.78 Å². The Labute approximate surface area is 177 Å². The fraction of sp³-hybridized carbons (Fsp3) is 0.429. The van der Waals surface area contributed by atoms with E-state index < -0.39 is 6.61 Å². The quantitative estimate of drug-likeness (QED) is 0.694. The second kappa shape index (κ2) is 9.44. The number of aryl methyl sites for hydroxylation is 1. The summed E-state index contributed by atoms with van der Waals surface area (Å²) < 4.78 is 46.4. The van der Waals surface area contributed by atoms with E-state index in [0.29, 0.717) is 19.0 Å². The van der Waals surface area contributed by atoms with Crippen LogP contribution >= 0.6 is 0 Å². The predicted octanol–water partition coefficient (Wildman–Crippen LogP) is 2.40. The van der Waals surface area contributed by atoms with Gasteiger partial charge in [-0.05, 0) is 36.8 Å². The first kappa shape index (κ1) is 21.3. The zero-order valence-corrected chi connectivity index (χ0v) is 16.8. The van der Waals surface area contributed by atoms with Crippen LogP contribution in [0.4, 0.5) is 13.6 Å². The number of carbonyl (C=O) groups is 1. The summed E-state index contributed by atoms with van der Waals surface area (Å²) in [4.78, 5) is 16.5. The molecule has 2 saturated heterocycles. The zero-order chi connectivity index (χ0) is 21.8. The molecular weight excluding hydrogens is 412 g/mol. The molecule has 31 heavy (non-hydrogen) atoms. The van der Waals surface area contributed by atoms with Gasteiger partial charge in [0.15, 0.2) is 6.10 Å². The molecule has 0 bridgehead atoms. The van der Waals surface area contributed by atoms with Gasteiger partial charge in [-0.15, -0.1) is 0 Å². The van der Waals surface area contributed by atoms with E-state index in [2.05, 4.69) is 20.4 Å². The number of aromatic nitrogens is 1. The molecule has 166 valence electrons. The number of ether oxygens (including phenoxy) is 4. The number of halogens is 2. The van der Waals surface area contributed by atoms with Crippen LogP contribution in [0.2, 0.25) is 0 Å². The third-order valence-corrected chi connectivity index (χ3v) is 5.16. The van der Waals surface area contributed by atoms with Crippen LogP contribution in [0, 0.1) is 6.92 Å². The number of nitrogens with zero attached hydrogens (tertiary/aromatic N) is 1. The summed E-state index contributed by atoms with van der Waals surface area (Å²) in [6.45, 7) is -0.102. The molecular formula is C21H23F2N3O5. The van der Waals surface area contributed by atoms with Crippen molar-refractivity contribution in [1.29, 1.82) is 0 Å². The summed E-state index contributed by atoms with van der Waals surface area (Å²) in [5.74, 6) is 0.744. The summed E-state index contributed by atoms with van der Waals surface area (Å²) in [5, 5.41) is 5.60. The maximum absolute atomic E-state index is 12.3. The third-order valence-electron chi connectivity index (χ3n) is 5.16. The number of hydrogen-bond donors (Lipinski definition) is 2. The molecule has 10 heteroatoms. The van der Waals surface area contributed by atoms with Gasteiger partial charge in [0, 0.05) is 12.7 Å². The van der Waals surface area contributed by atoms with E-state index in [-0.39, 0.29) is 42.7 Å². The first-order valence-corrected chi connectivity index (χ1v) is 9.89. The molecule has 0 spiro atoms. The molecule has 4 atom stereocenters. The smallest absolute Gasteiger partial charge is 0.387 e. The van der Waals surface area contributed by atoms with Crippen molar-refractivity contribution in [3.63, 3.8) is 0 Å². The summed E-state index contributed by atoms with van der Waals surface area (Å²) >= 11 is 0. The minimum Gasteiger partial charge on any atom is -0.483 e. The van der Waals surface area contributed by atoms with Gasteiger partial charge in [0.1, 0.15) is 23.7 Å². The highest BCUT2D eigenvalue weighted by Gasteiger charge is 2.49. The van der Waals surface area contributed by atoms with Gasteiger partial charge >= 0.3 is 12.6 Å². The largest absolute Gasteiger partial charge is 0.483 e. The van der Waals surface area contributed by atoms with E-state index in [1.165, 1.54) is 12.1 Å². The van der Waals surface area contributed by atoms with Crippen LogP contribution in [0.1, 0.15) is 11.3 Å². The number of rotatable bonds is 7. The van der Waals surface area contributed by atoms with E-state index in [9.17, 15) is 13.6 Å². The Morgan fingerprint density at radius 3 is 2.71 bits per heavy atom. The zero-order valence-electron chi connectivity index (χ0n) is 16.8. The number of benzene rings is 1. The molecule has 2 aromatic rings. The standard InChI is InChI=1S/C21H23F2N3O5/c1-12-16(3-2-8-24-12)31-17-11-29-18-15(10-28-19(17)18)26-21(27)25-9-13-4-6-14(7-5-13)30-20(22)23/h2-8,15,17-20H,9-11H2,1H3,(H2,25,26,27)/t15-,17-,18+,19+/m0/s1. The number of alkyl halides is 2. The monoisotopic (exact) mass is 435 g/mol. The molecule has 2 N–H and O–H groups in total. The molecule has 2 fully saturated rings. The highest BCUT2D eigenvalue weighted by molar-refractivity contribution is 5.74. The van der Waals surface area contributed by atoms with Crippen LogP contribution in [0.25, 0.3) is 0 Å². The van der Waals surface area contributed by atoms with Crippen LogP contribution in [0.3, 0.4) is 0 Å². The van der Waals surface area contributed by atoms with Crippen molar-refractivity contribution in [2.75, 3.05) is 13.2 Å². The first-order chi connectivity index (χ1) is 15.0. The van der Waals surface area contributed by atoms with Crippen molar-refractivity contribution in [2.24, 2.45) is 0 Å². The summed E-state index contributed by atoms with van der Waals surface area (Å²) in [7, 11) is 0. The van der Waals surface area contributed by atoms with Crippen molar-refractivity contribution in [3.8, 4) is 11.5 Å². The fourth-order valence-electron chi connectivity index (χ4n) is 3.64. The number of fused-ring (bicyclic) bond motifs is 1.